The van der Waals surface area contributed by atoms with Crippen LogP contribution in [0.15, 0.2) is 51.8 Å². The molecule has 9 heteroatoms. The van der Waals surface area contributed by atoms with Gasteiger partial charge in [0, 0.05) is 28.8 Å². The Kier molecular flexibility index (Phi) is 8.96. The first-order valence-corrected chi connectivity index (χ1v) is 12.3. The van der Waals surface area contributed by atoms with Crippen LogP contribution in [0.1, 0.15) is 42.6 Å². The second-order valence-corrected chi connectivity index (χ2v) is 10.0. The Balaban J connectivity index is 2.05. The first kappa shape index (κ1) is 24.5. The minimum absolute atomic E-state index is 0.130. The molecule has 0 saturated carbocycles. The highest BCUT2D eigenvalue weighted by atomic mass is 79.9. The SMILES string of the molecule is CCCN(CCC)S(=O)(=O)c1ccc(NC(=S)NC(=O)c2ccc(C)c(Br)c2)cc1. The first-order chi connectivity index (χ1) is 14.2. The van der Waals surface area contributed by atoms with Gasteiger partial charge in [-0.05, 0) is 73.9 Å². The number of benzene rings is 2. The standard InChI is InChI=1S/C21H26BrN3O3S2/c1-4-12-25(13-5-2)30(27,28)18-10-8-17(9-11-18)23-21(29)24-20(26)16-7-6-15(3)19(22)14-16/h6-11,14H,4-5,12-13H2,1-3H3,(H2,23,24,26,29). The van der Waals surface area contributed by atoms with Gasteiger partial charge in [-0.15, -0.1) is 0 Å². The summed E-state index contributed by atoms with van der Waals surface area (Å²) in [6.45, 7) is 6.82. The minimum Gasteiger partial charge on any atom is -0.332 e. The third-order valence-electron chi connectivity index (χ3n) is 4.36. The van der Waals surface area contributed by atoms with Gasteiger partial charge in [0.15, 0.2) is 5.11 Å². The molecule has 2 aromatic carbocycles. The summed E-state index contributed by atoms with van der Waals surface area (Å²) in [5.74, 6) is -0.331. The Labute approximate surface area is 192 Å². The average Bonchev–Trinajstić information content (AvgIpc) is 2.70. The number of hydrogen-bond acceptors (Lipinski definition) is 4. The van der Waals surface area contributed by atoms with E-state index in [0.29, 0.717) is 24.3 Å². The summed E-state index contributed by atoms with van der Waals surface area (Å²) in [5.41, 5.74) is 2.09. The third-order valence-corrected chi connectivity index (χ3v) is 7.33. The van der Waals surface area contributed by atoms with Crippen molar-refractivity contribution >= 4 is 54.9 Å². The van der Waals surface area contributed by atoms with Crippen molar-refractivity contribution in [3.8, 4) is 0 Å². The maximum absolute atomic E-state index is 12.8. The van der Waals surface area contributed by atoms with Crippen LogP contribution in [-0.2, 0) is 10.0 Å². The lowest BCUT2D eigenvalue weighted by Crippen LogP contribution is -2.34. The third kappa shape index (κ3) is 6.34. The molecule has 0 spiro atoms. The summed E-state index contributed by atoms with van der Waals surface area (Å²) in [5, 5.41) is 5.66. The van der Waals surface area contributed by atoms with Crippen molar-refractivity contribution in [1.82, 2.24) is 9.62 Å². The van der Waals surface area contributed by atoms with Crippen LogP contribution in [0.4, 0.5) is 5.69 Å². The van der Waals surface area contributed by atoms with Crippen LogP contribution in [0.25, 0.3) is 0 Å². The lowest BCUT2D eigenvalue weighted by Gasteiger charge is -2.21. The number of aryl methyl sites for hydroxylation is 1. The fourth-order valence-corrected chi connectivity index (χ4v) is 5.00. The highest BCUT2D eigenvalue weighted by Crippen LogP contribution is 2.20. The molecule has 6 nitrogen and oxygen atoms in total. The summed E-state index contributed by atoms with van der Waals surface area (Å²) >= 11 is 8.61. The molecule has 2 rings (SSSR count). The zero-order valence-corrected chi connectivity index (χ0v) is 20.5. The van der Waals surface area contributed by atoms with E-state index in [2.05, 4.69) is 26.6 Å². The molecule has 0 unspecified atom stereocenters. The van der Waals surface area contributed by atoms with Gasteiger partial charge in [0.05, 0.1) is 4.90 Å². The van der Waals surface area contributed by atoms with E-state index in [1.165, 1.54) is 16.4 Å². The Hall–Kier alpha value is -1.81. The van der Waals surface area contributed by atoms with Crippen LogP contribution in [-0.4, -0.2) is 36.8 Å². The van der Waals surface area contributed by atoms with Gasteiger partial charge in [-0.25, -0.2) is 8.42 Å². The predicted octanol–water partition coefficient (Wildman–Crippen LogP) is 4.70. The number of anilines is 1. The molecule has 2 aromatic rings. The molecule has 0 fully saturated rings. The van der Waals surface area contributed by atoms with Gasteiger partial charge in [0.25, 0.3) is 5.91 Å². The number of sulfonamides is 1. The Morgan fingerprint density at radius 1 is 1.07 bits per heavy atom. The highest BCUT2D eigenvalue weighted by molar-refractivity contribution is 9.10. The van der Waals surface area contributed by atoms with Crippen LogP contribution in [0, 0.1) is 6.92 Å². The van der Waals surface area contributed by atoms with Gasteiger partial charge < -0.3 is 5.32 Å². The Morgan fingerprint density at radius 3 is 2.20 bits per heavy atom. The largest absolute Gasteiger partial charge is 0.332 e. The van der Waals surface area contributed by atoms with Gasteiger partial charge in [0.1, 0.15) is 0 Å². The molecule has 0 radical (unpaired) electrons. The van der Waals surface area contributed by atoms with Gasteiger partial charge in [-0.3, -0.25) is 10.1 Å². The minimum atomic E-state index is -3.53. The Bertz CT molecular complexity index is 1000. The number of thiocarbonyl (C=S) groups is 1. The number of rotatable bonds is 8. The van der Waals surface area contributed by atoms with E-state index >= 15 is 0 Å². The van der Waals surface area contributed by atoms with E-state index in [-0.39, 0.29) is 15.9 Å². The van der Waals surface area contributed by atoms with Crippen molar-refractivity contribution in [1.29, 1.82) is 0 Å². The van der Waals surface area contributed by atoms with Crippen molar-refractivity contribution in [2.45, 2.75) is 38.5 Å². The zero-order valence-electron chi connectivity index (χ0n) is 17.2. The molecule has 0 aromatic heterocycles. The maximum Gasteiger partial charge on any atom is 0.257 e. The lowest BCUT2D eigenvalue weighted by atomic mass is 10.1. The van der Waals surface area contributed by atoms with E-state index in [0.717, 1.165) is 22.9 Å². The molecular formula is C21H26BrN3O3S2. The van der Waals surface area contributed by atoms with E-state index in [1.807, 2.05) is 26.8 Å². The first-order valence-electron chi connectivity index (χ1n) is 9.67. The summed E-state index contributed by atoms with van der Waals surface area (Å²) in [6.07, 6.45) is 1.51. The maximum atomic E-state index is 12.8. The lowest BCUT2D eigenvalue weighted by molar-refractivity contribution is 0.0977. The molecule has 0 heterocycles. The molecule has 0 saturated heterocycles. The number of hydrogen-bond donors (Lipinski definition) is 2. The van der Waals surface area contributed by atoms with Gasteiger partial charge in [-0.2, -0.15) is 4.31 Å². The second-order valence-electron chi connectivity index (χ2n) is 6.80. The van der Waals surface area contributed by atoms with Gasteiger partial charge >= 0.3 is 0 Å². The van der Waals surface area contributed by atoms with Crippen LogP contribution >= 0.6 is 28.1 Å². The molecule has 0 atom stereocenters. The number of nitrogens with zero attached hydrogens (tertiary/aromatic N) is 1. The number of carbonyl (C=O) groups is 1. The normalized spacial score (nSPS) is 11.4. The zero-order chi connectivity index (χ0) is 22.3. The number of nitrogens with one attached hydrogen (secondary N) is 2. The van der Waals surface area contributed by atoms with Crippen molar-refractivity contribution in [3.05, 3.63) is 58.1 Å². The molecule has 0 aliphatic carbocycles. The second kappa shape index (κ2) is 11.0. The molecule has 0 bridgehead atoms. The van der Waals surface area contributed by atoms with Gasteiger partial charge in [0.2, 0.25) is 10.0 Å². The van der Waals surface area contributed by atoms with Crippen LogP contribution in [0.5, 0.6) is 0 Å². The monoisotopic (exact) mass is 511 g/mol. The van der Waals surface area contributed by atoms with Crippen molar-refractivity contribution in [3.63, 3.8) is 0 Å². The molecule has 2 N–H and O–H groups in total. The quantitative estimate of drug-likeness (QED) is 0.502. The summed E-state index contributed by atoms with van der Waals surface area (Å²) in [7, 11) is -3.53. The van der Waals surface area contributed by atoms with E-state index < -0.39 is 10.0 Å². The summed E-state index contributed by atoms with van der Waals surface area (Å²) in [6, 6.07) is 11.6. The molecule has 162 valence electrons. The molecule has 0 aliphatic rings. The van der Waals surface area contributed by atoms with Crippen LogP contribution in [0.3, 0.4) is 0 Å². The molecule has 1 amide bonds. The predicted molar refractivity (Wildman–Crippen MR) is 128 cm³/mol. The van der Waals surface area contributed by atoms with Crippen LogP contribution in [0.2, 0.25) is 0 Å². The Morgan fingerprint density at radius 2 is 1.67 bits per heavy atom. The number of amides is 1. The van der Waals surface area contributed by atoms with Crippen molar-refractivity contribution in [2.24, 2.45) is 0 Å². The number of carbonyl (C=O) groups excluding carboxylic acids is 1. The highest BCUT2D eigenvalue weighted by Gasteiger charge is 2.22. The smallest absolute Gasteiger partial charge is 0.257 e. The molecule has 0 aliphatic heterocycles. The number of halogens is 1. The van der Waals surface area contributed by atoms with Crippen molar-refractivity contribution < 1.29 is 13.2 Å². The average molecular weight is 512 g/mol. The summed E-state index contributed by atoms with van der Waals surface area (Å²) < 4.78 is 28.0. The molecular weight excluding hydrogens is 486 g/mol. The topological polar surface area (TPSA) is 78.5 Å². The van der Waals surface area contributed by atoms with Crippen LogP contribution < -0.4 is 10.6 Å². The van der Waals surface area contributed by atoms with Gasteiger partial charge in [-0.1, -0.05) is 35.8 Å². The van der Waals surface area contributed by atoms with E-state index in [9.17, 15) is 13.2 Å². The summed E-state index contributed by atoms with van der Waals surface area (Å²) in [4.78, 5) is 12.6. The van der Waals surface area contributed by atoms with E-state index in [1.54, 1.807) is 24.3 Å². The van der Waals surface area contributed by atoms with E-state index in [4.69, 9.17) is 12.2 Å². The molecule has 30 heavy (non-hydrogen) atoms. The van der Waals surface area contributed by atoms with Crippen molar-refractivity contribution in [2.75, 3.05) is 18.4 Å². The fourth-order valence-electron chi connectivity index (χ4n) is 2.78. The fraction of sp³-hybridized carbons (Fsp3) is 0.333.